The van der Waals surface area contributed by atoms with Crippen LogP contribution in [0, 0.1) is 0 Å². The van der Waals surface area contributed by atoms with Gasteiger partial charge in [-0.15, -0.1) is 0 Å². The average molecular weight is 466 g/mol. The van der Waals surface area contributed by atoms with Crippen molar-refractivity contribution in [3.8, 4) is 5.75 Å². The number of methoxy groups -OCH3 is 1. The standard InChI is InChI=1S/C24H30F3N3O3/c1-23(2,3)14-11-16(21(28-4)24(25,26)27)20(33-5)18(12-14)30-22(32)29-17-10-13-8-6-7-9-15(13)19(17)31/h6-9,11-12,17,19,21,28,31H,10H2,1-5H3,(H2,29,30,32)/t17-,19+,21?/m1/s1. The van der Waals surface area contributed by atoms with E-state index in [0.717, 1.165) is 11.1 Å². The maximum absolute atomic E-state index is 13.7. The van der Waals surface area contributed by atoms with Crippen molar-refractivity contribution >= 4 is 11.7 Å². The van der Waals surface area contributed by atoms with E-state index in [9.17, 15) is 23.1 Å². The maximum atomic E-state index is 13.7. The summed E-state index contributed by atoms with van der Waals surface area (Å²) in [5.74, 6) is -0.0786. The minimum absolute atomic E-state index is 0.0786. The van der Waals surface area contributed by atoms with Crippen molar-refractivity contribution in [2.24, 2.45) is 0 Å². The number of alkyl halides is 3. The van der Waals surface area contributed by atoms with Gasteiger partial charge in [-0.05, 0) is 47.7 Å². The molecule has 2 amide bonds. The quantitative estimate of drug-likeness (QED) is 0.520. The molecular weight excluding hydrogens is 435 g/mol. The van der Waals surface area contributed by atoms with Gasteiger partial charge < -0.3 is 25.8 Å². The first-order valence-electron chi connectivity index (χ1n) is 10.7. The fraction of sp³-hybridized carbons (Fsp3) is 0.458. The minimum atomic E-state index is -4.57. The van der Waals surface area contributed by atoms with Gasteiger partial charge in [-0.1, -0.05) is 45.0 Å². The molecule has 0 heterocycles. The highest BCUT2D eigenvalue weighted by Gasteiger charge is 2.42. The van der Waals surface area contributed by atoms with E-state index in [1.807, 2.05) is 39.0 Å². The summed E-state index contributed by atoms with van der Waals surface area (Å²) in [5.41, 5.74) is 1.80. The second kappa shape index (κ2) is 9.23. The zero-order valence-electron chi connectivity index (χ0n) is 19.3. The molecule has 0 saturated heterocycles. The zero-order valence-corrected chi connectivity index (χ0v) is 19.3. The van der Waals surface area contributed by atoms with Gasteiger partial charge in [0.15, 0.2) is 0 Å². The number of carbonyl (C=O) groups is 1. The molecule has 180 valence electrons. The van der Waals surface area contributed by atoms with Crippen LogP contribution in [0.5, 0.6) is 5.75 Å². The maximum Gasteiger partial charge on any atom is 0.408 e. The Balaban J connectivity index is 1.93. The summed E-state index contributed by atoms with van der Waals surface area (Å²) < 4.78 is 46.6. The highest BCUT2D eigenvalue weighted by molar-refractivity contribution is 5.92. The molecule has 0 bridgehead atoms. The van der Waals surface area contributed by atoms with Gasteiger partial charge in [0.1, 0.15) is 11.8 Å². The van der Waals surface area contributed by atoms with E-state index < -0.39 is 35.8 Å². The van der Waals surface area contributed by atoms with Crippen molar-refractivity contribution in [1.29, 1.82) is 0 Å². The molecule has 1 aliphatic rings. The molecule has 3 rings (SSSR count). The fourth-order valence-electron chi connectivity index (χ4n) is 4.15. The molecule has 0 saturated carbocycles. The van der Waals surface area contributed by atoms with E-state index in [-0.39, 0.29) is 17.0 Å². The molecule has 0 aromatic heterocycles. The number of ether oxygens (including phenoxy) is 1. The van der Waals surface area contributed by atoms with Crippen LogP contribution >= 0.6 is 0 Å². The summed E-state index contributed by atoms with van der Waals surface area (Å²) in [4.78, 5) is 12.8. The Morgan fingerprint density at radius 3 is 2.39 bits per heavy atom. The number of hydrogen-bond donors (Lipinski definition) is 4. The van der Waals surface area contributed by atoms with Crippen molar-refractivity contribution < 1.29 is 27.8 Å². The van der Waals surface area contributed by atoms with Gasteiger partial charge >= 0.3 is 12.2 Å². The average Bonchev–Trinajstić information content (AvgIpc) is 3.02. The number of amides is 2. The lowest BCUT2D eigenvalue weighted by Gasteiger charge is -2.28. The molecule has 0 spiro atoms. The van der Waals surface area contributed by atoms with Crippen LogP contribution in [0.15, 0.2) is 36.4 Å². The Morgan fingerprint density at radius 1 is 1.18 bits per heavy atom. The van der Waals surface area contributed by atoms with E-state index in [0.29, 0.717) is 12.0 Å². The monoisotopic (exact) mass is 465 g/mol. The van der Waals surface area contributed by atoms with Crippen LogP contribution in [-0.2, 0) is 11.8 Å². The molecule has 1 aliphatic carbocycles. The molecule has 0 aliphatic heterocycles. The Bertz CT molecular complexity index is 1020. The lowest BCUT2D eigenvalue weighted by Crippen LogP contribution is -2.40. The number of carbonyl (C=O) groups excluding carboxylic acids is 1. The van der Waals surface area contributed by atoms with Gasteiger partial charge in [0, 0.05) is 5.56 Å². The van der Waals surface area contributed by atoms with Crippen molar-refractivity contribution in [2.75, 3.05) is 19.5 Å². The molecular formula is C24H30F3N3O3. The van der Waals surface area contributed by atoms with Crippen molar-refractivity contribution in [3.63, 3.8) is 0 Å². The molecule has 6 nitrogen and oxygen atoms in total. The number of aliphatic hydroxyl groups is 1. The van der Waals surface area contributed by atoms with Crippen LogP contribution in [0.25, 0.3) is 0 Å². The molecule has 2 aromatic carbocycles. The zero-order chi connectivity index (χ0) is 24.6. The van der Waals surface area contributed by atoms with Crippen LogP contribution in [0.2, 0.25) is 0 Å². The second-order valence-electron chi connectivity index (χ2n) is 9.21. The predicted octanol–water partition coefficient (Wildman–Crippen LogP) is 4.60. The first-order valence-corrected chi connectivity index (χ1v) is 10.7. The molecule has 0 radical (unpaired) electrons. The Labute approximate surface area is 191 Å². The van der Waals surface area contributed by atoms with Crippen molar-refractivity contribution in [2.45, 2.75) is 57.0 Å². The van der Waals surface area contributed by atoms with Crippen LogP contribution in [0.1, 0.15) is 55.2 Å². The largest absolute Gasteiger partial charge is 0.494 e. The number of hydrogen-bond acceptors (Lipinski definition) is 4. The number of halogens is 3. The van der Waals surface area contributed by atoms with Gasteiger partial charge in [-0.25, -0.2) is 4.79 Å². The number of aliphatic hydroxyl groups excluding tert-OH is 1. The fourth-order valence-corrected chi connectivity index (χ4v) is 4.15. The molecule has 4 N–H and O–H groups in total. The minimum Gasteiger partial charge on any atom is -0.494 e. The topological polar surface area (TPSA) is 82.6 Å². The normalized spacial score (nSPS) is 19.1. The summed E-state index contributed by atoms with van der Waals surface area (Å²) in [6, 6.07) is 7.24. The number of urea groups is 1. The summed E-state index contributed by atoms with van der Waals surface area (Å²) >= 11 is 0. The van der Waals surface area contributed by atoms with E-state index in [1.54, 1.807) is 12.1 Å². The highest BCUT2D eigenvalue weighted by Crippen LogP contribution is 2.43. The Morgan fingerprint density at radius 2 is 1.85 bits per heavy atom. The Kier molecular flexibility index (Phi) is 6.95. The van der Waals surface area contributed by atoms with Gasteiger partial charge in [0.25, 0.3) is 0 Å². The number of fused-ring (bicyclic) bond motifs is 1. The van der Waals surface area contributed by atoms with Gasteiger partial charge in [0.2, 0.25) is 0 Å². The number of benzene rings is 2. The number of nitrogens with one attached hydrogen (secondary N) is 3. The van der Waals surface area contributed by atoms with Crippen LogP contribution in [0.4, 0.5) is 23.7 Å². The van der Waals surface area contributed by atoms with Gasteiger partial charge in [-0.2, -0.15) is 13.2 Å². The summed E-state index contributed by atoms with van der Waals surface area (Å²) in [6.07, 6.45) is -4.99. The van der Waals surface area contributed by atoms with Crippen molar-refractivity contribution in [1.82, 2.24) is 10.6 Å². The van der Waals surface area contributed by atoms with Crippen LogP contribution < -0.4 is 20.7 Å². The molecule has 2 aromatic rings. The molecule has 33 heavy (non-hydrogen) atoms. The SMILES string of the molecule is CNC(c1cc(C(C)(C)C)cc(NC(=O)N[C@@H]2Cc3ccccc3[C@@H]2O)c1OC)C(F)(F)F. The summed E-state index contributed by atoms with van der Waals surface area (Å²) in [6.45, 7) is 5.61. The third-order valence-corrected chi connectivity index (χ3v) is 5.87. The van der Waals surface area contributed by atoms with E-state index in [2.05, 4.69) is 16.0 Å². The lowest BCUT2D eigenvalue weighted by molar-refractivity contribution is -0.156. The van der Waals surface area contributed by atoms with E-state index >= 15 is 0 Å². The lowest BCUT2D eigenvalue weighted by atomic mass is 9.84. The molecule has 9 heteroatoms. The summed E-state index contributed by atoms with van der Waals surface area (Å²) in [5, 5.41) is 18.2. The molecule has 1 unspecified atom stereocenters. The van der Waals surface area contributed by atoms with E-state index in [1.165, 1.54) is 20.2 Å². The molecule has 3 atom stereocenters. The molecule has 0 fully saturated rings. The van der Waals surface area contributed by atoms with Crippen LogP contribution in [-0.4, -0.2) is 37.5 Å². The van der Waals surface area contributed by atoms with Gasteiger partial charge in [0.05, 0.1) is 24.9 Å². The first kappa shape index (κ1) is 24.9. The first-order chi connectivity index (χ1) is 15.4. The third-order valence-electron chi connectivity index (χ3n) is 5.87. The summed E-state index contributed by atoms with van der Waals surface area (Å²) in [7, 11) is 2.49. The van der Waals surface area contributed by atoms with Crippen LogP contribution in [0.3, 0.4) is 0 Å². The predicted molar refractivity (Wildman–Crippen MR) is 121 cm³/mol. The second-order valence-corrected chi connectivity index (χ2v) is 9.21. The Hall–Kier alpha value is -2.78. The number of rotatable bonds is 5. The van der Waals surface area contributed by atoms with Crippen molar-refractivity contribution in [3.05, 3.63) is 58.7 Å². The third kappa shape index (κ3) is 5.25. The highest BCUT2D eigenvalue weighted by atomic mass is 19.4. The smallest absolute Gasteiger partial charge is 0.408 e. The van der Waals surface area contributed by atoms with E-state index in [4.69, 9.17) is 4.74 Å². The van der Waals surface area contributed by atoms with Gasteiger partial charge in [-0.3, -0.25) is 0 Å². The number of anilines is 1.